The molecule has 1 aromatic rings. The molecule has 2 bridgehead atoms. The van der Waals surface area contributed by atoms with E-state index < -0.39 is 59.1 Å². The van der Waals surface area contributed by atoms with Crippen molar-refractivity contribution in [2.75, 3.05) is 19.8 Å². The lowest BCUT2D eigenvalue weighted by Crippen LogP contribution is -2.63. The summed E-state index contributed by atoms with van der Waals surface area (Å²) in [5.41, 5.74) is -1.18. The fourth-order valence-electron chi connectivity index (χ4n) is 8.60. The molecule has 270 valence electrons. The van der Waals surface area contributed by atoms with Gasteiger partial charge in [-0.3, -0.25) is 19.2 Å². The molecule has 1 aromatic carbocycles. The molecule has 7 atom stereocenters. The van der Waals surface area contributed by atoms with Crippen LogP contribution < -0.4 is 5.32 Å². The highest BCUT2D eigenvalue weighted by Gasteiger charge is 2.75. The number of esters is 1. The number of allylic oxidation sites excluding steroid dienone is 1. The van der Waals surface area contributed by atoms with E-state index >= 15 is 4.79 Å². The summed E-state index contributed by atoms with van der Waals surface area (Å²) >= 11 is 0. The van der Waals surface area contributed by atoms with Crippen LogP contribution in [0.4, 0.5) is 0 Å². The Balaban J connectivity index is 1.72. The lowest BCUT2D eigenvalue weighted by Gasteiger charge is -2.46. The zero-order valence-corrected chi connectivity index (χ0v) is 30.4. The highest BCUT2D eigenvalue weighted by molar-refractivity contribution is 5.99. The minimum Gasteiger partial charge on any atom is -0.463 e. The van der Waals surface area contributed by atoms with Gasteiger partial charge < -0.3 is 29.7 Å². The van der Waals surface area contributed by atoms with Crippen molar-refractivity contribution in [2.45, 2.75) is 116 Å². The van der Waals surface area contributed by atoms with E-state index in [1.807, 2.05) is 58.0 Å². The van der Waals surface area contributed by atoms with Crippen LogP contribution in [-0.4, -0.2) is 87.7 Å². The first-order valence-corrected chi connectivity index (χ1v) is 17.7. The number of aliphatic hydroxyl groups is 1. The zero-order valence-electron chi connectivity index (χ0n) is 30.4. The van der Waals surface area contributed by atoms with Crippen LogP contribution in [0.1, 0.15) is 92.2 Å². The largest absolute Gasteiger partial charge is 0.463 e. The molecule has 10 nitrogen and oxygen atoms in total. The zero-order chi connectivity index (χ0) is 36.3. The molecule has 3 aliphatic rings. The average Bonchev–Trinajstić information content (AvgIpc) is 3.67. The van der Waals surface area contributed by atoms with E-state index in [0.717, 1.165) is 5.56 Å². The first-order valence-electron chi connectivity index (χ1n) is 17.7. The number of benzene rings is 1. The molecule has 1 spiro atoms. The summed E-state index contributed by atoms with van der Waals surface area (Å²) in [7, 11) is 0. The number of nitrogens with one attached hydrogen (secondary N) is 1. The van der Waals surface area contributed by atoms with Crippen LogP contribution in [0, 0.1) is 23.2 Å². The van der Waals surface area contributed by atoms with Crippen LogP contribution in [0.25, 0.3) is 0 Å². The minimum absolute atomic E-state index is 0.0831. The maximum atomic E-state index is 15.0. The first kappa shape index (κ1) is 38.3. The smallest absolute Gasteiger partial charge is 0.306 e. The van der Waals surface area contributed by atoms with Crippen LogP contribution >= 0.6 is 0 Å². The van der Waals surface area contributed by atoms with Crippen molar-refractivity contribution in [3.63, 3.8) is 0 Å². The molecular weight excluding hydrogens is 622 g/mol. The average molecular weight is 680 g/mol. The van der Waals surface area contributed by atoms with Crippen LogP contribution in [0.2, 0.25) is 0 Å². The molecule has 3 heterocycles. The van der Waals surface area contributed by atoms with Crippen molar-refractivity contribution >= 4 is 23.7 Å². The van der Waals surface area contributed by atoms with Gasteiger partial charge in [-0.1, -0.05) is 77.1 Å². The molecule has 0 aliphatic carbocycles. The lowest BCUT2D eigenvalue weighted by molar-refractivity contribution is -0.156. The standard InChI is InChI=1S/C39H57N3O7/c1-10-12-18-30(44)48-23-27(26-16-14-13-15-17-26)40-34(45)31-29-19-20-39(49-29)32(31)35(46)42(28(22-43)25(3)4)33(39)36(47)41(21-11-2)38(8,9)24-37(5,6)7/h10-11,13-17,25,27-29,31-33,43H,1-2,12,18-24H2,3-9H3,(H,40,45)/t27-,28-,29-,31+,32+,33-,39+/m0/s1. The lowest BCUT2D eigenvalue weighted by atomic mass is 9.70. The Kier molecular flexibility index (Phi) is 11.9. The predicted molar refractivity (Wildman–Crippen MR) is 188 cm³/mol. The second kappa shape index (κ2) is 15.2. The molecule has 3 aliphatic heterocycles. The van der Waals surface area contributed by atoms with Gasteiger partial charge in [-0.05, 0) is 56.4 Å². The predicted octanol–water partition coefficient (Wildman–Crippen LogP) is 4.97. The number of likely N-dealkylation sites (tertiary alicyclic amines) is 1. The van der Waals surface area contributed by atoms with Crippen LogP contribution in [0.3, 0.4) is 0 Å². The second-order valence-corrected chi connectivity index (χ2v) is 16.1. The van der Waals surface area contributed by atoms with E-state index in [-0.39, 0.29) is 49.3 Å². The second-order valence-electron chi connectivity index (χ2n) is 16.1. The van der Waals surface area contributed by atoms with Crippen molar-refractivity contribution in [1.29, 1.82) is 0 Å². The third-order valence-corrected chi connectivity index (χ3v) is 10.3. The maximum absolute atomic E-state index is 15.0. The minimum atomic E-state index is -1.24. The Morgan fingerprint density at radius 1 is 1.14 bits per heavy atom. The van der Waals surface area contributed by atoms with Gasteiger partial charge in [0.25, 0.3) is 0 Å². The highest BCUT2D eigenvalue weighted by Crippen LogP contribution is 2.59. The normalized spacial score (nSPS) is 25.9. The van der Waals surface area contributed by atoms with Gasteiger partial charge in [0.05, 0.1) is 36.6 Å². The molecule has 3 fully saturated rings. The number of aliphatic hydroxyl groups excluding tert-OH is 1. The van der Waals surface area contributed by atoms with E-state index in [9.17, 15) is 19.5 Å². The summed E-state index contributed by atoms with van der Waals surface area (Å²) in [6.07, 6.45) is 5.06. The number of fused-ring (bicyclic) bond motifs is 1. The third-order valence-electron chi connectivity index (χ3n) is 10.3. The van der Waals surface area contributed by atoms with Gasteiger partial charge in [0.15, 0.2) is 0 Å². The van der Waals surface area contributed by atoms with Crippen LogP contribution in [0.15, 0.2) is 55.6 Å². The number of rotatable bonds is 16. The number of carbonyl (C=O) groups is 4. The van der Waals surface area contributed by atoms with E-state index in [4.69, 9.17) is 9.47 Å². The highest BCUT2D eigenvalue weighted by atomic mass is 16.5. The number of carbonyl (C=O) groups excluding carboxylic acids is 4. The van der Waals surface area contributed by atoms with Crippen molar-refractivity contribution in [3.8, 4) is 0 Å². The fourth-order valence-corrected chi connectivity index (χ4v) is 8.60. The topological polar surface area (TPSA) is 125 Å². The van der Waals surface area contributed by atoms with Gasteiger partial charge in [-0.15, -0.1) is 13.2 Å². The van der Waals surface area contributed by atoms with Gasteiger partial charge in [0.2, 0.25) is 17.7 Å². The van der Waals surface area contributed by atoms with Gasteiger partial charge in [-0.2, -0.15) is 0 Å². The Labute approximate surface area is 292 Å². The summed E-state index contributed by atoms with van der Waals surface area (Å²) in [5, 5.41) is 13.7. The number of hydrogen-bond acceptors (Lipinski definition) is 7. The molecule has 0 aromatic heterocycles. The van der Waals surface area contributed by atoms with Gasteiger partial charge >= 0.3 is 5.97 Å². The SMILES string of the molecule is C=CCCC(=O)OC[C@H](NC(=O)[C@@H]1[C@@H]2CC[C@]3(O2)[C@H](C(=O)N(CC=C)C(C)(C)CC(C)(C)C)N([C@@H](CO)C(C)C)C(=O)[C@@H]13)c1ccccc1. The monoisotopic (exact) mass is 679 g/mol. The van der Waals surface area contributed by atoms with Crippen molar-refractivity contribution in [1.82, 2.24) is 15.1 Å². The summed E-state index contributed by atoms with van der Waals surface area (Å²) < 4.78 is 12.3. The summed E-state index contributed by atoms with van der Waals surface area (Å²) in [4.78, 5) is 59.8. The molecule has 4 rings (SSSR count). The van der Waals surface area contributed by atoms with E-state index in [2.05, 4.69) is 39.2 Å². The third kappa shape index (κ3) is 7.80. The molecule has 3 saturated heterocycles. The number of hydrogen-bond donors (Lipinski definition) is 2. The molecular formula is C39H57N3O7. The Hall–Kier alpha value is -3.50. The van der Waals surface area contributed by atoms with Gasteiger partial charge in [0, 0.05) is 18.5 Å². The van der Waals surface area contributed by atoms with Gasteiger partial charge in [0.1, 0.15) is 18.2 Å². The fraction of sp³-hybridized carbons (Fsp3) is 0.641. The Morgan fingerprint density at radius 3 is 2.39 bits per heavy atom. The molecule has 10 heteroatoms. The van der Waals surface area contributed by atoms with E-state index in [1.165, 1.54) is 0 Å². The summed E-state index contributed by atoms with van der Waals surface area (Å²) in [6.45, 7) is 21.7. The van der Waals surface area contributed by atoms with Crippen molar-refractivity contribution < 1.29 is 33.8 Å². The molecule has 3 amide bonds. The number of nitrogens with zero attached hydrogens (tertiary/aromatic N) is 2. The quantitative estimate of drug-likeness (QED) is 0.187. The first-order chi connectivity index (χ1) is 23.0. The summed E-state index contributed by atoms with van der Waals surface area (Å²) in [6, 6.07) is 6.90. The molecule has 0 unspecified atom stereocenters. The molecule has 0 radical (unpaired) electrons. The van der Waals surface area contributed by atoms with E-state index in [1.54, 1.807) is 22.0 Å². The molecule has 49 heavy (non-hydrogen) atoms. The van der Waals surface area contributed by atoms with Crippen LogP contribution in [0.5, 0.6) is 0 Å². The molecule has 0 saturated carbocycles. The number of ether oxygens (including phenoxy) is 2. The van der Waals surface area contributed by atoms with Gasteiger partial charge in [-0.25, -0.2) is 0 Å². The summed E-state index contributed by atoms with van der Waals surface area (Å²) in [5.74, 6) is -3.37. The Bertz CT molecular complexity index is 1390. The molecule has 2 N–H and O–H groups in total. The maximum Gasteiger partial charge on any atom is 0.306 e. The van der Waals surface area contributed by atoms with Crippen molar-refractivity contribution in [2.24, 2.45) is 23.2 Å². The van der Waals surface area contributed by atoms with E-state index in [0.29, 0.717) is 25.7 Å². The number of amides is 3. The Morgan fingerprint density at radius 2 is 1.82 bits per heavy atom. The van der Waals surface area contributed by atoms with Crippen LogP contribution in [-0.2, 0) is 28.7 Å². The van der Waals surface area contributed by atoms with Crippen molar-refractivity contribution in [3.05, 3.63) is 61.2 Å².